The number of thiocarbonyl (C=S) groups is 1. The maximum absolute atomic E-state index is 11.2. The predicted octanol–water partition coefficient (Wildman–Crippen LogP) is 3.39. The Morgan fingerprint density at radius 3 is 2.52 bits per heavy atom. The lowest BCUT2D eigenvalue weighted by Crippen LogP contribution is -2.47. The molecule has 0 saturated carbocycles. The number of hydrogen-bond donors (Lipinski definition) is 1. The van der Waals surface area contributed by atoms with E-state index in [1.807, 2.05) is 31.2 Å². The molecule has 1 saturated heterocycles. The van der Waals surface area contributed by atoms with Gasteiger partial charge < -0.3 is 14.9 Å². The molecule has 21 heavy (non-hydrogen) atoms. The molecule has 0 aliphatic carbocycles. The standard InChI is InChI=1S/C15H19N3O2S/c1-2-18(15(19)20)14-7-9-17(10-8-14)13-5-3-12(4-6-13)16-11-21/h3-6,14H,2,7-10H2,1H3,(H,19,20). The molecule has 0 spiro atoms. The van der Waals surface area contributed by atoms with Crippen LogP contribution in [-0.2, 0) is 0 Å². The number of anilines is 1. The molecule has 0 unspecified atom stereocenters. The van der Waals surface area contributed by atoms with Gasteiger partial charge in [-0.25, -0.2) is 4.79 Å². The van der Waals surface area contributed by atoms with E-state index in [-0.39, 0.29) is 6.04 Å². The van der Waals surface area contributed by atoms with Gasteiger partial charge in [0.15, 0.2) is 0 Å². The van der Waals surface area contributed by atoms with Crippen molar-refractivity contribution >= 4 is 34.8 Å². The highest BCUT2D eigenvalue weighted by molar-refractivity contribution is 7.78. The maximum atomic E-state index is 11.2. The summed E-state index contributed by atoms with van der Waals surface area (Å²) in [6.07, 6.45) is 0.901. The van der Waals surface area contributed by atoms with Crippen LogP contribution in [-0.4, -0.2) is 46.9 Å². The highest BCUT2D eigenvalue weighted by atomic mass is 32.1. The van der Waals surface area contributed by atoms with Crippen LogP contribution >= 0.6 is 12.2 Å². The zero-order chi connectivity index (χ0) is 15.2. The summed E-state index contributed by atoms with van der Waals surface area (Å²) >= 11 is 4.58. The zero-order valence-electron chi connectivity index (χ0n) is 12.0. The van der Waals surface area contributed by atoms with E-state index in [0.29, 0.717) is 6.54 Å². The van der Waals surface area contributed by atoms with Gasteiger partial charge in [-0.2, -0.15) is 4.99 Å². The predicted molar refractivity (Wildman–Crippen MR) is 86.8 cm³/mol. The molecule has 0 radical (unpaired) electrons. The third-order valence-corrected chi connectivity index (χ3v) is 3.97. The second kappa shape index (κ2) is 7.20. The smallest absolute Gasteiger partial charge is 0.407 e. The van der Waals surface area contributed by atoms with E-state index in [0.717, 1.165) is 37.3 Å². The summed E-state index contributed by atoms with van der Waals surface area (Å²) in [5.41, 5.74) is 1.93. The summed E-state index contributed by atoms with van der Waals surface area (Å²) in [4.78, 5) is 18.9. The van der Waals surface area contributed by atoms with E-state index >= 15 is 0 Å². The molecule has 1 aliphatic rings. The van der Waals surface area contributed by atoms with Crippen molar-refractivity contribution in [1.82, 2.24) is 4.90 Å². The molecular formula is C15H19N3O2S. The van der Waals surface area contributed by atoms with Gasteiger partial charge in [0, 0.05) is 31.4 Å². The van der Waals surface area contributed by atoms with Gasteiger partial charge in [0.05, 0.1) is 10.8 Å². The Bertz CT molecular complexity index is 532. The molecule has 1 aromatic rings. The van der Waals surface area contributed by atoms with Gasteiger partial charge in [-0.1, -0.05) is 0 Å². The Hall–Kier alpha value is -1.91. The molecule has 5 nitrogen and oxygen atoms in total. The molecule has 6 heteroatoms. The monoisotopic (exact) mass is 305 g/mol. The lowest BCUT2D eigenvalue weighted by atomic mass is 10.0. The Labute approximate surface area is 129 Å². The van der Waals surface area contributed by atoms with Crippen molar-refractivity contribution in [2.75, 3.05) is 24.5 Å². The van der Waals surface area contributed by atoms with Crippen LogP contribution in [0.3, 0.4) is 0 Å². The first-order valence-electron chi connectivity index (χ1n) is 7.08. The maximum Gasteiger partial charge on any atom is 0.407 e. The van der Waals surface area contributed by atoms with Gasteiger partial charge in [-0.05, 0) is 56.2 Å². The third kappa shape index (κ3) is 3.80. The fraction of sp³-hybridized carbons (Fsp3) is 0.467. The Morgan fingerprint density at radius 2 is 2.05 bits per heavy atom. The van der Waals surface area contributed by atoms with Gasteiger partial charge in [-0.15, -0.1) is 0 Å². The largest absolute Gasteiger partial charge is 0.465 e. The first-order valence-corrected chi connectivity index (χ1v) is 7.49. The van der Waals surface area contributed by atoms with Crippen LogP contribution in [0.15, 0.2) is 29.3 Å². The summed E-state index contributed by atoms with van der Waals surface area (Å²) in [5.74, 6) is 0. The first kappa shape index (κ1) is 15.5. The second-order valence-corrected chi connectivity index (χ2v) is 5.19. The minimum atomic E-state index is -0.821. The molecular weight excluding hydrogens is 286 g/mol. The first-order chi connectivity index (χ1) is 10.2. The van der Waals surface area contributed by atoms with Gasteiger partial charge in [0.2, 0.25) is 0 Å². The van der Waals surface area contributed by atoms with E-state index < -0.39 is 6.09 Å². The molecule has 1 aliphatic heterocycles. The summed E-state index contributed by atoms with van der Waals surface area (Å²) in [7, 11) is 0. The van der Waals surface area contributed by atoms with Crippen LogP contribution in [0.25, 0.3) is 0 Å². The summed E-state index contributed by atoms with van der Waals surface area (Å²) < 4.78 is 0. The van der Waals surface area contributed by atoms with Gasteiger partial charge in [-0.3, -0.25) is 0 Å². The van der Waals surface area contributed by atoms with Crippen molar-refractivity contribution in [2.24, 2.45) is 4.99 Å². The fourth-order valence-electron chi connectivity index (χ4n) is 2.78. The van der Waals surface area contributed by atoms with Crippen LogP contribution < -0.4 is 4.90 Å². The van der Waals surface area contributed by atoms with Crippen molar-refractivity contribution in [2.45, 2.75) is 25.8 Å². The number of carbonyl (C=O) groups is 1. The van der Waals surface area contributed by atoms with E-state index in [4.69, 9.17) is 0 Å². The number of isothiocyanates is 1. The van der Waals surface area contributed by atoms with Crippen molar-refractivity contribution in [3.63, 3.8) is 0 Å². The highest BCUT2D eigenvalue weighted by Gasteiger charge is 2.26. The van der Waals surface area contributed by atoms with Gasteiger partial charge in [0.25, 0.3) is 0 Å². The quantitative estimate of drug-likeness (QED) is 0.684. The van der Waals surface area contributed by atoms with Crippen LogP contribution in [0.4, 0.5) is 16.2 Å². The molecule has 112 valence electrons. The molecule has 1 aromatic carbocycles. The van der Waals surface area contributed by atoms with Gasteiger partial charge >= 0.3 is 6.09 Å². The summed E-state index contributed by atoms with van der Waals surface area (Å²) in [6, 6.07) is 7.98. The van der Waals surface area contributed by atoms with Crippen molar-refractivity contribution in [1.29, 1.82) is 0 Å². The number of carboxylic acid groups (broad SMARTS) is 1. The molecule has 1 heterocycles. The number of piperidine rings is 1. The van der Waals surface area contributed by atoms with Gasteiger partial charge in [0.1, 0.15) is 0 Å². The number of aliphatic imine (C=N–C) groups is 1. The Balaban J connectivity index is 1.97. The van der Waals surface area contributed by atoms with E-state index in [1.165, 1.54) is 4.90 Å². The molecule has 1 amide bonds. The molecule has 1 N–H and O–H groups in total. The fourth-order valence-corrected chi connectivity index (χ4v) is 2.88. The van der Waals surface area contributed by atoms with E-state index in [9.17, 15) is 9.90 Å². The molecule has 0 bridgehead atoms. The van der Waals surface area contributed by atoms with Crippen molar-refractivity contribution in [3.05, 3.63) is 24.3 Å². The van der Waals surface area contributed by atoms with Crippen LogP contribution in [0.2, 0.25) is 0 Å². The Kier molecular flexibility index (Phi) is 5.31. The highest BCUT2D eigenvalue weighted by Crippen LogP contribution is 2.24. The lowest BCUT2D eigenvalue weighted by molar-refractivity contribution is 0.119. The van der Waals surface area contributed by atoms with E-state index in [2.05, 4.69) is 27.3 Å². The number of nitrogens with zero attached hydrogens (tertiary/aromatic N) is 3. The summed E-state index contributed by atoms with van der Waals surface area (Å²) in [5, 5.41) is 11.5. The molecule has 1 fully saturated rings. The van der Waals surface area contributed by atoms with Crippen LogP contribution in [0.5, 0.6) is 0 Å². The average Bonchev–Trinajstić information content (AvgIpc) is 2.49. The van der Waals surface area contributed by atoms with Crippen LogP contribution in [0, 0.1) is 0 Å². The minimum absolute atomic E-state index is 0.127. The number of hydrogen-bond acceptors (Lipinski definition) is 4. The van der Waals surface area contributed by atoms with Crippen LogP contribution in [0.1, 0.15) is 19.8 Å². The zero-order valence-corrected chi connectivity index (χ0v) is 12.8. The molecule has 0 atom stereocenters. The lowest BCUT2D eigenvalue weighted by Gasteiger charge is -2.37. The van der Waals surface area contributed by atoms with Crippen molar-refractivity contribution < 1.29 is 9.90 Å². The topological polar surface area (TPSA) is 56.1 Å². The minimum Gasteiger partial charge on any atom is -0.465 e. The van der Waals surface area contributed by atoms with E-state index in [1.54, 1.807) is 0 Å². The molecule has 0 aromatic heterocycles. The van der Waals surface area contributed by atoms with Crippen molar-refractivity contribution in [3.8, 4) is 0 Å². The average molecular weight is 305 g/mol. The third-order valence-electron chi connectivity index (χ3n) is 3.88. The Morgan fingerprint density at radius 1 is 1.43 bits per heavy atom. The number of amides is 1. The number of rotatable bonds is 4. The second-order valence-electron chi connectivity index (χ2n) is 5.01. The number of benzene rings is 1. The molecule has 2 rings (SSSR count). The SMILES string of the molecule is CCN(C(=O)O)C1CCN(c2ccc(N=C=S)cc2)CC1. The summed E-state index contributed by atoms with van der Waals surface area (Å²) in [6.45, 7) is 4.16. The normalized spacial score (nSPS) is 15.4.